The zero-order valence-corrected chi connectivity index (χ0v) is 15.2. The Balaban J connectivity index is 1.99. The smallest absolute Gasteiger partial charge is 0.416 e. The Morgan fingerprint density at radius 2 is 1.69 bits per heavy atom. The number of halogens is 3. The summed E-state index contributed by atoms with van der Waals surface area (Å²) >= 11 is 0. The molecule has 8 heteroatoms. The number of benzene rings is 2. The molecule has 0 fully saturated rings. The first-order chi connectivity index (χ1) is 12.0. The molecule has 0 unspecified atom stereocenters. The van der Waals surface area contributed by atoms with Gasteiger partial charge >= 0.3 is 6.18 Å². The Bertz CT molecular complexity index is 832. The molecular weight excluding hydrogens is 367 g/mol. The van der Waals surface area contributed by atoms with Crippen molar-refractivity contribution in [3.8, 4) is 5.75 Å². The number of hydrogen-bond donors (Lipinski definition) is 1. The molecule has 26 heavy (non-hydrogen) atoms. The number of hydrogen-bond acceptors (Lipinski definition) is 3. The molecule has 0 saturated carbocycles. The second-order valence-corrected chi connectivity index (χ2v) is 7.90. The van der Waals surface area contributed by atoms with Crippen molar-refractivity contribution < 1.29 is 26.3 Å². The maximum Gasteiger partial charge on any atom is 0.416 e. The fourth-order valence-electron chi connectivity index (χ4n) is 2.26. The van der Waals surface area contributed by atoms with E-state index in [9.17, 15) is 21.6 Å². The van der Waals surface area contributed by atoms with Crippen LogP contribution < -0.4 is 9.46 Å². The Kier molecular flexibility index (Phi) is 6.30. The summed E-state index contributed by atoms with van der Waals surface area (Å²) in [4.78, 5) is 0. The molecule has 2 aromatic rings. The highest BCUT2D eigenvalue weighted by Crippen LogP contribution is 2.29. The van der Waals surface area contributed by atoms with E-state index in [2.05, 4.69) is 4.72 Å². The maximum atomic E-state index is 12.7. The van der Waals surface area contributed by atoms with Gasteiger partial charge in [-0.2, -0.15) is 13.2 Å². The third kappa shape index (κ3) is 6.34. The molecule has 0 heterocycles. The number of rotatable bonds is 7. The van der Waals surface area contributed by atoms with Crippen LogP contribution in [0.2, 0.25) is 0 Å². The van der Waals surface area contributed by atoms with Crippen molar-refractivity contribution in [1.29, 1.82) is 0 Å². The summed E-state index contributed by atoms with van der Waals surface area (Å²) in [6.07, 6.45) is -4.47. The Morgan fingerprint density at radius 3 is 2.27 bits per heavy atom. The zero-order valence-electron chi connectivity index (χ0n) is 14.4. The quantitative estimate of drug-likeness (QED) is 0.778. The Hall–Kier alpha value is -2.06. The second kappa shape index (κ2) is 8.09. The van der Waals surface area contributed by atoms with Gasteiger partial charge in [-0.3, -0.25) is 0 Å². The molecule has 0 bridgehead atoms. The van der Waals surface area contributed by atoms with E-state index in [1.165, 1.54) is 12.1 Å². The van der Waals surface area contributed by atoms with E-state index in [1.54, 1.807) is 24.3 Å². The molecule has 4 nitrogen and oxygen atoms in total. The molecule has 0 aliphatic heterocycles. The van der Waals surface area contributed by atoms with E-state index in [-0.39, 0.29) is 18.2 Å². The topological polar surface area (TPSA) is 55.4 Å². The van der Waals surface area contributed by atoms with Crippen molar-refractivity contribution in [2.75, 3.05) is 0 Å². The van der Waals surface area contributed by atoms with Crippen molar-refractivity contribution in [1.82, 2.24) is 4.72 Å². The zero-order chi connectivity index (χ0) is 19.4. The van der Waals surface area contributed by atoms with Gasteiger partial charge in [0.1, 0.15) is 5.75 Å². The fourth-order valence-corrected chi connectivity index (χ4v) is 3.37. The van der Waals surface area contributed by atoms with Crippen molar-refractivity contribution in [3.63, 3.8) is 0 Å². The number of nitrogens with one attached hydrogen (secondary N) is 1. The third-order valence-electron chi connectivity index (χ3n) is 3.40. The van der Waals surface area contributed by atoms with Crippen molar-refractivity contribution in [2.45, 2.75) is 38.4 Å². The van der Waals surface area contributed by atoms with Gasteiger partial charge < -0.3 is 4.74 Å². The summed E-state index contributed by atoms with van der Waals surface area (Å²) in [6.45, 7) is 3.84. The lowest BCUT2D eigenvalue weighted by Crippen LogP contribution is -2.24. The number of ether oxygens (including phenoxy) is 1. The van der Waals surface area contributed by atoms with Crippen LogP contribution >= 0.6 is 0 Å². The molecule has 0 amide bonds. The molecule has 0 saturated heterocycles. The second-order valence-electron chi connectivity index (χ2n) is 6.09. The van der Waals surface area contributed by atoms with Crippen LogP contribution in [0.4, 0.5) is 13.2 Å². The lowest BCUT2D eigenvalue weighted by Gasteiger charge is -2.11. The molecular formula is C18H20F3NO3S. The van der Waals surface area contributed by atoms with Crippen molar-refractivity contribution in [2.24, 2.45) is 0 Å². The van der Waals surface area contributed by atoms with Crippen LogP contribution in [0, 0.1) is 0 Å². The summed E-state index contributed by atoms with van der Waals surface area (Å²) in [5.74, 6) is 0.154. The van der Waals surface area contributed by atoms with Crippen LogP contribution in [0.15, 0.2) is 48.5 Å². The van der Waals surface area contributed by atoms with Gasteiger partial charge in [0.25, 0.3) is 0 Å². The molecule has 0 spiro atoms. The predicted molar refractivity (Wildman–Crippen MR) is 93.1 cm³/mol. The van der Waals surface area contributed by atoms with Gasteiger partial charge in [0.15, 0.2) is 0 Å². The van der Waals surface area contributed by atoms with Gasteiger partial charge in [0.2, 0.25) is 10.0 Å². The first-order valence-electron chi connectivity index (χ1n) is 7.94. The van der Waals surface area contributed by atoms with Gasteiger partial charge in [-0.05, 0) is 43.2 Å². The molecule has 0 radical (unpaired) electrons. The van der Waals surface area contributed by atoms with Crippen LogP contribution in [-0.4, -0.2) is 14.5 Å². The van der Waals surface area contributed by atoms with Gasteiger partial charge in [0, 0.05) is 6.54 Å². The standard InChI is InChI=1S/C18H20F3NO3S/c1-13(2)25-17-8-6-14(7-9-17)11-22-26(23,24)12-15-4-3-5-16(10-15)18(19,20)21/h3-10,13,22H,11-12H2,1-2H3. The van der Waals surface area contributed by atoms with Gasteiger partial charge in [0.05, 0.1) is 17.4 Å². The summed E-state index contributed by atoms with van der Waals surface area (Å²) in [7, 11) is -3.77. The van der Waals surface area contributed by atoms with E-state index in [1.807, 2.05) is 13.8 Å². The minimum atomic E-state index is -4.51. The summed E-state index contributed by atoms with van der Waals surface area (Å²) in [5, 5.41) is 0. The average Bonchev–Trinajstić information content (AvgIpc) is 2.53. The summed E-state index contributed by atoms with van der Waals surface area (Å²) in [6, 6.07) is 11.2. The van der Waals surface area contributed by atoms with E-state index in [4.69, 9.17) is 4.74 Å². The van der Waals surface area contributed by atoms with Crippen LogP contribution in [0.5, 0.6) is 5.75 Å². The van der Waals surface area contributed by atoms with Gasteiger partial charge in [-0.25, -0.2) is 13.1 Å². The molecule has 0 aromatic heterocycles. The number of sulfonamides is 1. The Labute approximate surface area is 151 Å². The van der Waals surface area contributed by atoms with E-state index in [0.717, 1.165) is 12.1 Å². The fraction of sp³-hybridized carbons (Fsp3) is 0.333. The maximum absolute atomic E-state index is 12.7. The normalized spacial score (nSPS) is 12.4. The predicted octanol–water partition coefficient (Wildman–Crippen LogP) is 4.11. The molecule has 2 aromatic carbocycles. The lowest BCUT2D eigenvalue weighted by molar-refractivity contribution is -0.137. The summed E-state index contributed by atoms with van der Waals surface area (Å²) in [5.41, 5.74) is -0.0762. The van der Waals surface area contributed by atoms with E-state index in [0.29, 0.717) is 11.3 Å². The largest absolute Gasteiger partial charge is 0.491 e. The SMILES string of the molecule is CC(C)Oc1ccc(CNS(=O)(=O)Cc2cccc(C(F)(F)F)c2)cc1. The molecule has 0 atom stereocenters. The van der Waals surface area contributed by atoms with Crippen LogP contribution in [0.3, 0.4) is 0 Å². The monoisotopic (exact) mass is 387 g/mol. The minimum absolute atomic E-state index is 0.0341. The van der Waals surface area contributed by atoms with Gasteiger partial charge in [-0.1, -0.05) is 30.3 Å². The molecule has 2 rings (SSSR count). The molecule has 142 valence electrons. The first-order valence-corrected chi connectivity index (χ1v) is 9.59. The molecule has 0 aliphatic rings. The van der Waals surface area contributed by atoms with E-state index < -0.39 is 27.5 Å². The average molecular weight is 387 g/mol. The van der Waals surface area contributed by atoms with Gasteiger partial charge in [-0.15, -0.1) is 0 Å². The number of alkyl halides is 3. The van der Waals surface area contributed by atoms with Crippen molar-refractivity contribution >= 4 is 10.0 Å². The van der Waals surface area contributed by atoms with Crippen molar-refractivity contribution in [3.05, 3.63) is 65.2 Å². The van der Waals surface area contributed by atoms with Crippen LogP contribution in [-0.2, 0) is 28.5 Å². The molecule has 1 N–H and O–H groups in total. The van der Waals surface area contributed by atoms with Crippen LogP contribution in [0.1, 0.15) is 30.5 Å². The van der Waals surface area contributed by atoms with E-state index >= 15 is 0 Å². The third-order valence-corrected chi connectivity index (χ3v) is 4.70. The molecule has 0 aliphatic carbocycles. The van der Waals surface area contributed by atoms with Crippen LogP contribution in [0.25, 0.3) is 0 Å². The highest BCUT2D eigenvalue weighted by Gasteiger charge is 2.30. The first kappa shape index (κ1) is 20.3. The summed E-state index contributed by atoms with van der Waals surface area (Å²) < 4.78 is 70.3. The highest BCUT2D eigenvalue weighted by molar-refractivity contribution is 7.88. The highest BCUT2D eigenvalue weighted by atomic mass is 32.2. The Morgan fingerprint density at radius 1 is 1.04 bits per heavy atom. The lowest BCUT2D eigenvalue weighted by atomic mass is 10.1. The minimum Gasteiger partial charge on any atom is -0.491 e.